The second-order valence-corrected chi connectivity index (χ2v) is 4.49. The van der Waals surface area contributed by atoms with Gasteiger partial charge in [0, 0.05) is 18.6 Å². The van der Waals surface area contributed by atoms with Crippen LogP contribution >= 0.6 is 0 Å². The summed E-state index contributed by atoms with van der Waals surface area (Å²) in [6.07, 6.45) is 6.98. The van der Waals surface area contributed by atoms with E-state index < -0.39 is 0 Å². The third-order valence-electron chi connectivity index (χ3n) is 3.59. The Hall–Kier alpha value is -0.0800. The van der Waals surface area contributed by atoms with E-state index in [-0.39, 0.29) is 0 Å². The summed E-state index contributed by atoms with van der Waals surface area (Å²) in [7, 11) is 0. The average molecular weight is 182 g/mol. The molecule has 0 radical (unpaired) electrons. The Balaban J connectivity index is 1.79. The summed E-state index contributed by atoms with van der Waals surface area (Å²) in [4.78, 5) is 2.70. The molecule has 76 valence electrons. The van der Waals surface area contributed by atoms with Crippen molar-refractivity contribution >= 4 is 0 Å². The third kappa shape index (κ3) is 2.23. The lowest BCUT2D eigenvalue weighted by Gasteiger charge is -2.26. The van der Waals surface area contributed by atoms with E-state index in [1.165, 1.54) is 51.7 Å². The molecule has 0 aromatic carbocycles. The van der Waals surface area contributed by atoms with E-state index in [2.05, 4.69) is 17.1 Å². The molecule has 2 saturated heterocycles. The highest BCUT2D eigenvalue weighted by atomic mass is 15.2. The van der Waals surface area contributed by atoms with Crippen LogP contribution in [0.25, 0.3) is 0 Å². The molecule has 2 heteroatoms. The Labute approximate surface area is 81.7 Å². The fraction of sp³-hybridized carbons (Fsp3) is 1.00. The molecule has 2 nitrogen and oxygen atoms in total. The molecule has 1 N–H and O–H groups in total. The molecular formula is C11H22N2. The number of hydrogen-bond donors (Lipinski definition) is 1. The zero-order chi connectivity index (χ0) is 9.10. The molecule has 13 heavy (non-hydrogen) atoms. The van der Waals surface area contributed by atoms with Gasteiger partial charge in [-0.15, -0.1) is 0 Å². The first-order chi connectivity index (χ1) is 6.40. The molecule has 0 aliphatic carbocycles. The molecule has 2 aliphatic rings. The smallest absolute Gasteiger partial charge is 0.0195 e. The van der Waals surface area contributed by atoms with Crippen LogP contribution in [0.2, 0.25) is 0 Å². The zero-order valence-electron chi connectivity index (χ0n) is 8.76. The van der Waals surface area contributed by atoms with Gasteiger partial charge in [0.2, 0.25) is 0 Å². The van der Waals surface area contributed by atoms with Gasteiger partial charge in [-0.1, -0.05) is 6.92 Å². The van der Waals surface area contributed by atoms with E-state index in [1.807, 2.05) is 0 Å². The van der Waals surface area contributed by atoms with Gasteiger partial charge in [0.05, 0.1) is 0 Å². The van der Waals surface area contributed by atoms with E-state index in [9.17, 15) is 0 Å². The van der Waals surface area contributed by atoms with Gasteiger partial charge >= 0.3 is 0 Å². The molecule has 2 unspecified atom stereocenters. The Morgan fingerprint density at radius 1 is 1.31 bits per heavy atom. The summed E-state index contributed by atoms with van der Waals surface area (Å²) in [5, 5.41) is 3.59. The van der Waals surface area contributed by atoms with Crippen molar-refractivity contribution < 1.29 is 0 Å². The van der Waals surface area contributed by atoms with Gasteiger partial charge < -0.3 is 5.32 Å². The molecule has 2 rings (SSSR count). The zero-order valence-corrected chi connectivity index (χ0v) is 8.76. The van der Waals surface area contributed by atoms with Crippen molar-refractivity contribution in [3.63, 3.8) is 0 Å². The quantitative estimate of drug-likeness (QED) is 0.713. The summed E-state index contributed by atoms with van der Waals surface area (Å²) in [5.74, 6) is 0. The van der Waals surface area contributed by atoms with Gasteiger partial charge in [0.25, 0.3) is 0 Å². The van der Waals surface area contributed by atoms with Crippen LogP contribution in [0.4, 0.5) is 0 Å². The van der Waals surface area contributed by atoms with Crippen LogP contribution < -0.4 is 5.32 Å². The molecule has 2 heterocycles. The van der Waals surface area contributed by atoms with Crippen LogP contribution in [-0.2, 0) is 0 Å². The minimum Gasteiger partial charge on any atom is -0.313 e. The Kier molecular flexibility index (Phi) is 3.23. The molecule has 2 fully saturated rings. The monoisotopic (exact) mass is 182 g/mol. The minimum atomic E-state index is 0.798. The predicted octanol–water partition coefficient (Wildman–Crippen LogP) is 1.61. The molecule has 0 amide bonds. The fourth-order valence-electron chi connectivity index (χ4n) is 2.79. The van der Waals surface area contributed by atoms with Gasteiger partial charge in [0.15, 0.2) is 0 Å². The van der Waals surface area contributed by atoms with Gasteiger partial charge in [-0.3, -0.25) is 4.90 Å². The summed E-state index contributed by atoms with van der Waals surface area (Å²) >= 11 is 0. The Morgan fingerprint density at radius 3 is 2.92 bits per heavy atom. The number of hydrogen-bond acceptors (Lipinski definition) is 2. The minimum absolute atomic E-state index is 0.798. The normalized spacial score (nSPS) is 35.8. The standard InChI is InChI=1S/C11H22N2/c1-2-11-6-4-8-13(11)9-10-5-3-7-12-10/h10-12H,2-9H2,1H3. The average Bonchev–Trinajstić information content (AvgIpc) is 2.76. The summed E-state index contributed by atoms with van der Waals surface area (Å²) < 4.78 is 0. The maximum Gasteiger partial charge on any atom is 0.0195 e. The van der Waals surface area contributed by atoms with Gasteiger partial charge in [-0.2, -0.15) is 0 Å². The van der Waals surface area contributed by atoms with Gasteiger partial charge in [-0.25, -0.2) is 0 Å². The van der Waals surface area contributed by atoms with Crippen LogP contribution in [-0.4, -0.2) is 36.6 Å². The predicted molar refractivity (Wildman–Crippen MR) is 55.9 cm³/mol. The maximum atomic E-state index is 3.59. The highest BCUT2D eigenvalue weighted by molar-refractivity contribution is 4.84. The summed E-state index contributed by atoms with van der Waals surface area (Å²) in [5.41, 5.74) is 0. The summed E-state index contributed by atoms with van der Waals surface area (Å²) in [6, 6.07) is 1.69. The van der Waals surface area contributed by atoms with Crippen LogP contribution in [0.15, 0.2) is 0 Å². The molecule has 2 atom stereocenters. The first kappa shape index (κ1) is 9.47. The maximum absolute atomic E-state index is 3.59. The highest BCUT2D eigenvalue weighted by Crippen LogP contribution is 2.21. The lowest BCUT2D eigenvalue weighted by molar-refractivity contribution is 0.227. The number of nitrogens with one attached hydrogen (secondary N) is 1. The Bertz CT molecular complexity index is 152. The summed E-state index contributed by atoms with van der Waals surface area (Å²) in [6.45, 7) is 6.22. The lowest BCUT2D eigenvalue weighted by Crippen LogP contribution is -2.39. The fourth-order valence-corrected chi connectivity index (χ4v) is 2.79. The van der Waals surface area contributed by atoms with Gasteiger partial charge in [-0.05, 0) is 45.2 Å². The molecule has 0 spiro atoms. The third-order valence-corrected chi connectivity index (χ3v) is 3.59. The molecule has 0 bridgehead atoms. The largest absolute Gasteiger partial charge is 0.313 e. The highest BCUT2D eigenvalue weighted by Gasteiger charge is 2.26. The van der Waals surface area contributed by atoms with E-state index in [1.54, 1.807) is 0 Å². The Morgan fingerprint density at radius 2 is 2.23 bits per heavy atom. The van der Waals surface area contributed by atoms with Crippen molar-refractivity contribution in [3.8, 4) is 0 Å². The SMILES string of the molecule is CCC1CCCN1CC1CCCN1. The number of rotatable bonds is 3. The molecule has 0 aromatic heterocycles. The van der Waals surface area contributed by atoms with Crippen molar-refractivity contribution in [2.24, 2.45) is 0 Å². The first-order valence-electron chi connectivity index (χ1n) is 5.87. The molecule has 0 saturated carbocycles. The van der Waals surface area contributed by atoms with Crippen molar-refractivity contribution in [1.29, 1.82) is 0 Å². The van der Waals surface area contributed by atoms with E-state index in [0.29, 0.717) is 0 Å². The van der Waals surface area contributed by atoms with Gasteiger partial charge in [0.1, 0.15) is 0 Å². The molecular weight excluding hydrogens is 160 g/mol. The first-order valence-corrected chi connectivity index (χ1v) is 5.87. The van der Waals surface area contributed by atoms with Crippen LogP contribution in [0.1, 0.15) is 39.0 Å². The van der Waals surface area contributed by atoms with Crippen LogP contribution in [0.3, 0.4) is 0 Å². The van der Waals surface area contributed by atoms with E-state index in [0.717, 1.165) is 12.1 Å². The van der Waals surface area contributed by atoms with Crippen molar-refractivity contribution in [3.05, 3.63) is 0 Å². The van der Waals surface area contributed by atoms with E-state index in [4.69, 9.17) is 0 Å². The van der Waals surface area contributed by atoms with Crippen LogP contribution in [0, 0.1) is 0 Å². The van der Waals surface area contributed by atoms with Crippen molar-refractivity contribution in [1.82, 2.24) is 10.2 Å². The van der Waals surface area contributed by atoms with Crippen molar-refractivity contribution in [2.75, 3.05) is 19.6 Å². The molecule has 2 aliphatic heterocycles. The van der Waals surface area contributed by atoms with E-state index >= 15 is 0 Å². The second-order valence-electron chi connectivity index (χ2n) is 4.49. The topological polar surface area (TPSA) is 15.3 Å². The number of likely N-dealkylation sites (tertiary alicyclic amines) is 1. The van der Waals surface area contributed by atoms with Crippen molar-refractivity contribution in [2.45, 2.75) is 51.1 Å². The second kappa shape index (κ2) is 4.43. The van der Waals surface area contributed by atoms with Crippen LogP contribution in [0.5, 0.6) is 0 Å². The number of nitrogens with zero attached hydrogens (tertiary/aromatic N) is 1. The molecule has 0 aromatic rings. The lowest BCUT2D eigenvalue weighted by atomic mass is 10.1.